The Morgan fingerprint density at radius 1 is 1.05 bits per heavy atom. The molecule has 0 atom stereocenters. The molecule has 19 heavy (non-hydrogen) atoms. The highest BCUT2D eigenvalue weighted by atomic mass is 16.6. The van der Waals surface area contributed by atoms with Gasteiger partial charge in [0.05, 0.1) is 20.3 Å². The summed E-state index contributed by atoms with van der Waals surface area (Å²) < 4.78 is 14.1. The van der Waals surface area contributed by atoms with Crippen molar-refractivity contribution in [3.05, 3.63) is 11.8 Å². The molecule has 0 heterocycles. The summed E-state index contributed by atoms with van der Waals surface area (Å²) in [5, 5.41) is 0. The van der Waals surface area contributed by atoms with Crippen molar-refractivity contribution in [1.82, 2.24) is 0 Å². The summed E-state index contributed by atoms with van der Waals surface area (Å²) in [6.45, 7) is 3.35. The van der Waals surface area contributed by atoms with Gasteiger partial charge in [-0.15, -0.1) is 0 Å². The number of hydrogen-bond donors (Lipinski definition) is 0. The van der Waals surface area contributed by atoms with E-state index in [-0.39, 0.29) is 18.3 Å². The molecule has 0 aliphatic carbocycles. The molecule has 0 spiro atoms. The van der Waals surface area contributed by atoms with Crippen molar-refractivity contribution in [2.24, 2.45) is 0 Å². The van der Waals surface area contributed by atoms with E-state index < -0.39 is 17.7 Å². The molecule has 0 radical (unpaired) electrons. The van der Waals surface area contributed by atoms with Crippen LogP contribution in [0.4, 0.5) is 0 Å². The van der Waals surface area contributed by atoms with Crippen LogP contribution in [-0.2, 0) is 28.6 Å². The Kier molecular flexibility index (Phi) is 8.24. The molecule has 0 aromatic rings. The number of ether oxygens (including phenoxy) is 3. The van der Waals surface area contributed by atoms with Crippen LogP contribution in [0.2, 0.25) is 0 Å². The summed E-state index contributed by atoms with van der Waals surface area (Å²) in [4.78, 5) is 33.7. The Morgan fingerprint density at radius 3 is 2.16 bits per heavy atom. The summed E-state index contributed by atoms with van der Waals surface area (Å²) in [7, 11) is 2.61. The smallest absolute Gasteiger partial charge is 0.374 e. The molecule has 0 unspecified atom stereocenters. The SMILES string of the molecule is COC(=O)/C(=C/CCCC(=O)C(=O)OC(C)C)OC. The van der Waals surface area contributed by atoms with E-state index in [0.717, 1.165) is 0 Å². The fourth-order valence-electron chi connectivity index (χ4n) is 1.23. The standard InChI is InChI=1S/C13H20O6/c1-9(2)19-12(15)10(14)7-5-6-8-11(17-3)13(16)18-4/h8-9H,5-7H2,1-4H3/b11-8-. The van der Waals surface area contributed by atoms with E-state index in [2.05, 4.69) is 4.74 Å². The van der Waals surface area contributed by atoms with Crippen LogP contribution in [-0.4, -0.2) is 38.0 Å². The van der Waals surface area contributed by atoms with Crippen LogP contribution in [0.1, 0.15) is 33.1 Å². The number of esters is 2. The van der Waals surface area contributed by atoms with E-state index >= 15 is 0 Å². The first-order valence-electron chi connectivity index (χ1n) is 5.98. The van der Waals surface area contributed by atoms with Gasteiger partial charge in [0.15, 0.2) is 5.76 Å². The zero-order valence-electron chi connectivity index (χ0n) is 11.7. The summed E-state index contributed by atoms with van der Waals surface area (Å²) in [5.41, 5.74) is 0. The number of carbonyl (C=O) groups excluding carboxylic acids is 3. The van der Waals surface area contributed by atoms with Crippen LogP contribution in [0.15, 0.2) is 11.8 Å². The average molecular weight is 272 g/mol. The molecular weight excluding hydrogens is 252 g/mol. The molecule has 0 fully saturated rings. The van der Waals surface area contributed by atoms with Crippen molar-refractivity contribution in [2.75, 3.05) is 14.2 Å². The van der Waals surface area contributed by atoms with Crippen LogP contribution >= 0.6 is 0 Å². The number of rotatable bonds is 8. The van der Waals surface area contributed by atoms with Crippen molar-refractivity contribution in [3.8, 4) is 0 Å². The number of methoxy groups -OCH3 is 2. The third kappa shape index (κ3) is 7.23. The van der Waals surface area contributed by atoms with E-state index in [1.165, 1.54) is 20.3 Å². The molecule has 108 valence electrons. The highest BCUT2D eigenvalue weighted by Gasteiger charge is 2.16. The van der Waals surface area contributed by atoms with E-state index in [1.807, 2.05) is 0 Å². The van der Waals surface area contributed by atoms with Gasteiger partial charge in [0.1, 0.15) is 0 Å². The second-order valence-corrected chi connectivity index (χ2v) is 4.03. The van der Waals surface area contributed by atoms with Gasteiger partial charge in [-0.25, -0.2) is 9.59 Å². The maximum absolute atomic E-state index is 11.4. The Morgan fingerprint density at radius 2 is 1.68 bits per heavy atom. The van der Waals surface area contributed by atoms with Gasteiger partial charge in [0.2, 0.25) is 5.78 Å². The van der Waals surface area contributed by atoms with Crippen molar-refractivity contribution >= 4 is 17.7 Å². The molecule has 0 aromatic heterocycles. The van der Waals surface area contributed by atoms with Gasteiger partial charge >= 0.3 is 11.9 Å². The zero-order valence-corrected chi connectivity index (χ0v) is 11.7. The van der Waals surface area contributed by atoms with Gasteiger partial charge in [-0.3, -0.25) is 4.79 Å². The molecule has 6 heteroatoms. The number of unbranched alkanes of at least 4 members (excludes halogenated alkanes) is 1. The maximum Gasteiger partial charge on any atom is 0.374 e. The molecule has 0 saturated heterocycles. The highest BCUT2D eigenvalue weighted by molar-refractivity contribution is 6.33. The Hall–Kier alpha value is -1.85. The summed E-state index contributed by atoms with van der Waals surface area (Å²) in [6, 6.07) is 0. The average Bonchev–Trinajstić information content (AvgIpc) is 2.36. The first-order chi connectivity index (χ1) is 8.92. The normalized spacial score (nSPS) is 11.1. The molecule has 0 amide bonds. The third-order valence-corrected chi connectivity index (χ3v) is 2.11. The van der Waals surface area contributed by atoms with Crippen LogP contribution in [0, 0.1) is 0 Å². The fourth-order valence-corrected chi connectivity index (χ4v) is 1.23. The Bertz CT molecular complexity index is 356. The first kappa shape index (κ1) is 17.2. The molecule has 0 rings (SSSR count). The first-order valence-corrected chi connectivity index (χ1v) is 5.98. The molecule has 0 saturated carbocycles. The minimum atomic E-state index is -0.820. The second-order valence-electron chi connectivity index (χ2n) is 4.03. The lowest BCUT2D eigenvalue weighted by Gasteiger charge is -2.06. The maximum atomic E-state index is 11.4. The lowest BCUT2D eigenvalue weighted by Crippen LogP contribution is -2.20. The van der Waals surface area contributed by atoms with Crippen molar-refractivity contribution in [3.63, 3.8) is 0 Å². The van der Waals surface area contributed by atoms with Crippen molar-refractivity contribution < 1.29 is 28.6 Å². The van der Waals surface area contributed by atoms with Gasteiger partial charge in [0, 0.05) is 6.42 Å². The lowest BCUT2D eigenvalue weighted by molar-refractivity contribution is -0.156. The van der Waals surface area contributed by atoms with Crippen LogP contribution in [0.3, 0.4) is 0 Å². The molecule has 6 nitrogen and oxygen atoms in total. The molecular formula is C13H20O6. The number of allylic oxidation sites excluding steroid dienone is 1. The van der Waals surface area contributed by atoms with Gasteiger partial charge in [-0.1, -0.05) is 0 Å². The quantitative estimate of drug-likeness (QED) is 0.218. The molecule has 0 N–H and O–H groups in total. The lowest BCUT2D eigenvalue weighted by atomic mass is 10.1. The number of hydrogen-bond acceptors (Lipinski definition) is 6. The van der Waals surface area contributed by atoms with Crippen LogP contribution < -0.4 is 0 Å². The van der Waals surface area contributed by atoms with Gasteiger partial charge < -0.3 is 14.2 Å². The van der Waals surface area contributed by atoms with Crippen LogP contribution in [0.5, 0.6) is 0 Å². The molecule has 0 bridgehead atoms. The Labute approximate surface area is 112 Å². The highest BCUT2D eigenvalue weighted by Crippen LogP contribution is 2.05. The predicted molar refractivity (Wildman–Crippen MR) is 67.2 cm³/mol. The minimum Gasteiger partial charge on any atom is -0.490 e. The number of ketones is 1. The fraction of sp³-hybridized carbons (Fsp3) is 0.615. The Balaban J connectivity index is 4.09. The summed E-state index contributed by atoms with van der Waals surface area (Å²) in [5.74, 6) is -1.88. The monoisotopic (exact) mass is 272 g/mol. The summed E-state index contributed by atoms with van der Waals surface area (Å²) in [6.07, 6.45) is 2.14. The zero-order chi connectivity index (χ0) is 14.8. The molecule has 0 aliphatic heterocycles. The second kappa shape index (κ2) is 9.13. The minimum absolute atomic E-state index is 0.0697. The van der Waals surface area contributed by atoms with Gasteiger partial charge in [-0.05, 0) is 32.8 Å². The van der Waals surface area contributed by atoms with Gasteiger partial charge in [0.25, 0.3) is 0 Å². The van der Waals surface area contributed by atoms with Crippen LogP contribution in [0.25, 0.3) is 0 Å². The van der Waals surface area contributed by atoms with E-state index in [4.69, 9.17) is 9.47 Å². The van der Waals surface area contributed by atoms with Gasteiger partial charge in [-0.2, -0.15) is 0 Å². The van der Waals surface area contributed by atoms with E-state index in [0.29, 0.717) is 12.8 Å². The van der Waals surface area contributed by atoms with Crippen molar-refractivity contribution in [2.45, 2.75) is 39.2 Å². The van der Waals surface area contributed by atoms with Crippen molar-refractivity contribution in [1.29, 1.82) is 0 Å². The number of Topliss-reactive ketones (excluding diaryl/α,β-unsaturated/α-hetero) is 1. The third-order valence-electron chi connectivity index (χ3n) is 2.11. The van der Waals surface area contributed by atoms with E-state index in [1.54, 1.807) is 13.8 Å². The largest absolute Gasteiger partial charge is 0.490 e. The van der Waals surface area contributed by atoms with E-state index in [9.17, 15) is 14.4 Å². The topological polar surface area (TPSA) is 78.9 Å². The summed E-state index contributed by atoms with van der Waals surface area (Å²) >= 11 is 0. The molecule has 0 aromatic carbocycles. The number of carbonyl (C=O) groups is 3. The molecule has 0 aliphatic rings. The predicted octanol–water partition coefficient (Wildman–Crippen LogP) is 1.38.